The summed E-state index contributed by atoms with van der Waals surface area (Å²) in [4.78, 5) is 11.3. The molecule has 0 amide bonds. The minimum Gasteiger partial charge on any atom is -0.284 e. The van der Waals surface area contributed by atoms with Crippen LogP contribution in [0.15, 0.2) is 30.3 Å². The summed E-state index contributed by atoms with van der Waals surface area (Å²) in [6, 6.07) is 9.80. The molecule has 1 heterocycles. The maximum Gasteiger partial charge on any atom is 0.223 e. The first kappa shape index (κ1) is 8.16. The van der Waals surface area contributed by atoms with E-state index in [4.69, 9.17) is 0 Å². The zero-order valence-corrected chi connectivity index (χ0v) is 7.82. The quantitative estimate of drug-likeness (QED) is 0.698. The topological polar surface area (TPSA) is 29.1 Å². The molecule has 12 heavy (non-hydrogen) atoms. The van der Waals surface area contributed by atoms with E-state index in [1.165, 1.54) is 23.9 Å². The van der Waals surface area contributed by atoms with Gasteiger partial charge >= 0.3 is 0 Å². The standard InChI is InChI=1S/C8H7NOS2/c10-8-7(11-9-12-8)6-4-2-1-3-5-6/h1-5,7,9H. The van der Waals surface area contributed by atoms with Gasteiger partial charge in [0, 0.05) is 11.9 Å². The van der Waals surface area contributed by atoms with Gasteiger partial charge in [-0.1, -0.05) is 42.3 Å². The molecular weight excluding hydrogens is 190 g/mol. The van der Waals surface area contributed by atoms with Crippen LogP contribution in [0.2, 0.25) is 0 Å². The Hall–Kier alpha value is -0.450. The Balaban J connectivity index is 2.25. The van der Waals surface area contributed by atoms with Crippen LogP contribution in [0.4, 0.5) is 0 Å². The summed E-state index contributed by atoms with van der Waals surface area (Å²) < 4.78 is 2.90. The molecule has 62 valence electrons. The first-order chi connectivity index (χ1) is 5.88. The van der Waals surface area contributed by atoms with Gasteiger partial charge in [0.05, 0.1) is 0 Å². The average Bonchev–Trinajstić information content (AvgIpc) is 2.53. The van der Waals surface area contributed by atoms with Gasteiger partial charge in [-0.3, -0.25) is 4.79 Å². The van der Waals surface area contributed by atoms with E-state index in [9.17, 15) is 4.79 Å². The molecule has 0 aromatic heterocycles. The van der Waals surface area contributed by atoms with Gasteiger partial charge in [-0.05, 0) is 5.56 Å². The minimum atomic E-state index is -0.0313. The van der Waals surface area contributed by atoms with Crippen LogP contribution in [0.5, 0.6) is 0 Å². The molecule has 0 aliphatic carbocycles. The van der Waals surface area contributed by atoms with Crippen molar-refractivity contribution in [1.29, 1.82) is 0 Å². The summed E-state index contributed by atoms with van der Waals surface area (Å²) in [5.74, 6) is 0. The van der Waals surface area contributed by atoms with Crippen molar-refractivity contribution in [2.24, 2.45) is 0 Å². The van der Waals surface area contributed by atoms with Gasteiger partial charge in [-0.2, -0.15) is 0 Å². The first-order valence-electron chi connectivity index (χ1n) is 3.54. The largest absolute Gasteiger partial charge is 0.284 e. The lowest BCUT2D eigenvalue weighted by Gasteiger charge is -2.03. The summed E-state index contributed by atoms with van der Waals surface area (Å²) in [7, 11) is 0. The van der Waals surface area contributed by atoms with Crippen molar-refractivity contribution in [2.75, 3.05) is 0 Å². The van der Waals surface area contributed by atoms with Crippen LogP contribution in [0.3, 0.4) is 0 Å². The lowest BCUT2D eigenvalue weighted by atomic mass is 10.2. The molecule has 1 fully saturated rings. The molecule has 4 heteroatoms. The summed E-state index contributed by atoms with van der Waals surface area (Å²) in [5.41, 5.74) is 1.07. The van der Waals surface area contributed by atoms with Gasteiger partial charge < -0.3 is 0 Å². The number of benzene rings is 1. The highest BCUT2D eigenvalue weighted by molar-refractivity contribution is 8.26. The van der Waals surface area contributed by atoms with Crippen molar-refractivity contribution in [3.63, 3.8) is 0 Å². The predicted octanol–water partition coefficient (Wildman–Crippen LogP) is 2.15. The third-order valence-corrected chi connectivity index (χ3v) is 3.65. The van der Waals surface area contributed by atoms with E-state index in [-0.39, 0.29) is 10.4 Å². The SMILES string of the molecule is O=C1SNSC1c1ccccc1. The van der Waals surface area contributed by atoms with Crippen molar-refractivity contribution >= 4 is 29.0 Å². The van der Waals surface area contributed by atoms with Gasteiger partial charge in [0.25, 0.3) is 0 Å². The third-order valence-electron chi connectivity index (χ3n) is 1.62. The number of nitrogens with one attached hydrogen (secondary N) is 1. The molecule has 1 aromatic rings. The number of carbonyl (C=O) groups excluding carboxylic acids is 1. The van der Waals surface area contributed by atoms with E-state index < -0.39 is 0 Å². The smallest absolute Gasteiger partial charge is 0.223 e. The Morgan fingerprint density at radius 2 is 2.00 bits per heavy atom. The molecule has 1 N–H and O–H groups in total. The van der Waals surface area contributed by atoms with Crippen molar-refractivity contribution < 1.29 is 4.79 Å². The molecule has 0 spiro atoms. The van der Waals surface area contributed by atoms with Crippen LogP contribution < -0.4 is 4.13 Å². The molecule has 1 aliphatic rings. The summed E-state index contributed by atoms with van der Waals surface area (Å²) in [5, 5.41) is 0.155. The highest BCUT2D eigenvalue weighted by Crippen LogP contribution is 2.37. The molecule has 2 rings (SSSR count). The molecule has 0 saturated carbocycles. The third kappa shape index (κ3) is 1.50. The van der Waals surface area contributed by atoms with Gasteiger partial charge in [0.15, 0.2) is 0 Å². The first-order valence-corrected chi connectivity index (χ1v) is 5.24. The lowest BCUT2D eigenvalue weighted by Crippen LogP contribution is -1.98. The fourth-order valence-corrected chi connectivity index (χ4v) is 2.87. The van der Waals surface area contributed by atoms with Gasteiger partial charge in [0.1, 0.15) is 5.25 Å². The second kappa shape index (κ2) is 3.51. The van der Waals surface area contributed by atoms with Crippen molar-refractivity contribution in [2.45, 2.75) is 5.25 Å². The maximum atomic E-state index is 11.3. The Morgan fingerprint density at radius 1 is 1.25 bits per heavy atom. The fourth-order valence-electron chi connectivity index (χ4n) is 1.05. The van der Waals surface area contributed by atoms with E-state index in [1.807, 2.05) is 30.3 Å². The average molecular weight is 197 g/mol. The zero-order valence-electron chi connectivity index (χ0n) is 6.19. The second-order valence-corrected chi connectivity index (χ2v) is 4.39. The highest BCUT2D eigenvalue weighted by Gasteiger charge is 2.27. The molecule has 1 saturated heterocycles. The minimum absolute atomic E-state index is 0.0313. The molecule has 0 radical (unpaired) electrons. The zero-order chi connectivity index (χ0) is 8.39. The van der Waals surface area contributed by atoms with Crippen LogP contribution in [0.25, 0.3) is 0 Å². The van der Waals surface area contributed by atoms with E-state index >= 15 is 0 Å². The monoisotopic (exact) mass is 197 g/mol. The number of carbonyl (C=O) groups is 1. The summed E-state index contributed by atoms with van der Waals surface area (Å²) >= 11 is 2.64. The van der Waals surface area contributed by atoms with Crippen LogP contribution >= 0.6 is 23.9 Å². The molecule has 1 aromatic carbocycles. The number of rotatable bonds is 1. The number of hydrogen-bond donors (Lipinski definition) is 1. The summed E-state index contributed by atoms with van der Waals surface area (Å²) in [6.45, 7) is 0. The normalized spacial score (nSPS) is 23.0. The van der Waals surface area contributed by atoms with Crippen LogP contribution in [-0.2, 0) is 4.79 Å². The van der Waals surface area contributed by atoms with E-state index in [0.717, 1.165) is 5.56 Å². The molecule has 2 nitrogen and oxygen atoms in total. The molecular formula is C8H7NOS2. The summed E-state index contributed by atoms with van der Waals surface area (Å²) in [6.07, 6.45) is 0. The Bertz CT molecular complexity index is 288. The van der Waals surface area contributed by atoms with E-state index in [0.29, 0.717) is 0 Å². The van der Waals surface area contributed by atoms with Crippen molar-refractivity contribution in [1.82, 2.24) is 4.13 Å². The van der Waals surface area contributed by atoms with Crippen LogP contribution in [0.1, 0.15) is 10.8 Å². The molecule has 0 bridgehead atoms. The molecule has 1 unspecified atom stereocenters. The second-order valence-electron chi connectivity index (χ2n) is 2.41. The Morgan fingerprint density at radius 3 is 2.58 bits per heavy atom. The lowest BCUT2D eigenvalue weighted by molar-refractivity contribution is -0.110. The van der Waals surface area contributed by atoms with Crippen LogP contribution in [0, 0.1) is 0 Å². The van der Waals surface area contributed by atoms with Crippen LogP contribution in [-0.4, -0.2) is 5.12 Å². The number of hydrogen-bond acceptors (Lipinski definition) is 4. The highest BCUT2D eigenvalue weighted by atomic mass is 32.2. The fraction of sp³-hybridized carbons (Fsp3) is 0.125. The van der Waals surface area contributed by atoms with E-state index in [2.05, 4.69) is 4.13 Å². The molecule has 1 atom stereocenters. The van der Waals surface area contributed by atoms with Gasteiger partial charge in [-0.15, -0.1) is 0 Å². The predicted molar refractivity (Wildman–Crippen MR) is 52.5 cm³/mol. The van der Waals surface area contributed by atoms with E-state index in [1.54, 1.807) is 0 Å². The maximum absolute atomic E-state index is 11.3. The van der Waals surface area contributed by atoms with Gasteiger partial charge in [-0.25, -0.2) is 4.13 Å². The van der Waals surface area contributed by atoms with Crippen molar-refractivity contribution in [3.05, 3.63) is 35.9 Å². The van der Waals surface area contributed by atoms with Gasteiger partial charge in [0.2, 0.25) is 5.12 Å². The Labute approximate surface area is 79.4 Å². The molecule has 1 aliphatic heterocycles. The Kier molecular flexibility index (Phi) is 2.39. The van der Waals surface area contributed by atoms with Crippen molar-refractivity contribution in [3.8, 4) is 0 Å².